The van der Waals surface area contributed by atoms with Gasteiger partial charge in [0.2, 0.25) is 5.95 Å². The van der Waals surface area contributed by atoms with E-state index in [0.29, 0.717) is 6.04 Å². The van der Waals surface area contributed by atoms with Crippen molar-refractivity contribution >= 4 is 17.0 Å². The fourth-order valence-electron chi connectivity index (χ4n) is 3.09. The molecule has 0 saturated carbocycles. The van der Waals surface area contributed by atoms with Crippen LogP contribution in [0.15, 0.2) is 48.5 Å². The van der Waals surface area contributed by atoms with Crippen LogP contribution < -0.4 is 17.7 Å². The van der Waals surface area contributed by atoms with Crippen molar-refractivity contribution in [2.75, 3.05) is 5.32 Å². The molecule has 1 aliphatic rings. The van der Waals surface area contributed by atoms with Gasteiger partial charge < -0.3 is 22.7 Å². The van der Waals surface area contributed by atoms with Crippen molar-refractivity contribution in [1.82, 2.24) is 9.97 Å². The molecule has 0 fully saturated rings. The number of nitrogens with one attached hydrogen (secondary N) is 2. The number of imidazole rings is 1. The van der Waals surface area contributed by atoms with E-state index in [9.17, 15) is 0 Å². The van der Waals surface area contributed by atoms with Crippen LogP contribution in [0, 0.1) is 0 Å². The SMILES string of the molecule is [Cl-].c1ccc2c(c1)CCC[C@H]2Nc1nc2ccccc2[nH]1. The molecule has 21 heavy (non-hydrogen) atoms. The average molecular weight is 299 g/mol. The summed E-state index contributed by atoms with van der Waals surface area (Å²) in [5.74, 6) is 0.868. The number of aryl methyl sites for hydroxylation is 1. The van der Waals surface area contributed by atoms with Crippen molar-refractivity contribution in [1.29, 1.82) is 0 Å². The highest BCUT2D eigenvalue weighted by atomic mass is 35.5. The van der Waals surface area contributed by atoms with Crippen LogP contribution in [0.2, 0.25) is 0 Å². The molecule has 108 valence electrons. The molecular weight excluding hydrogens is 282 g/mol. The van der Waals surface area contributed by atoms with E-state index in [4.69, 9.17) is 0 Å². The lowest BCUT2D eigenvalue weighted by Gasteiger charge is -2.26. The number of rotatable bonds is 2. The van der Waals surface area contributed by atoms with Gasteiger partial charge in [0.25, 0.3) is 0 Å². The molecule has 0 amide bonds. The van der Waals surface area contributed by atoms with Gasteiger partial charge in [-0.3, -0.25) is 0 Å². The first kappa shape index (κ1) is 14.0. The van der Waals surface area contributed by atoms with E-state index in [1.54, 1.807) is 0 Å². The molecule has 0 radical (unpaired) electrons. The number of hydrogen-bond acceptors (Lipinski definition) is 2. The monoisotopic (exact) mass is 298 g/mol. The second kappa shape index (κ2) is 5.78. The summed E-state index contributed by atoms with van der Waals surface area (Å²) in [4.78, 5) is 7.96. The van der Waals surface area contributed by atoms with E-state index in [1.165, 1.54) is 24.0 Å². The lowest BCUT2D eigenvalue weighted by atomic mass is 9.88. The smallest absolute Gasteiger partial charge is 0.201 e. The van der Waals surface area contributed by atoms with E-state index >= 15 is 0 Å². The van der Waals surface area contributed by atoms with Gasteiger partial charge in [0.1, 0.15) is 0 Å². The molecule has 0 aliphatic heterocycles. The fraction of sp³-hybridized carbons (Fsp3) is 0.235. The largest absolute Gasteiger partial charge is 1.00 e. The van der Waals surface area contributed by atoms with Gasteiger partial charge >= 0.3 is 0 Å². The van der Waals surface area contributed by atoms with Crippen LogP contribution >= 0.6 is 0 Å². The minimum atomic E-state index is 0. The fourth-order valence-corrected chi connectivity index (χ4v) is 3.09. The number of nitrogens with zero attached hydrogens (tertiary/aromatic N) is 1. The summed E-state index contributed by atoms with van der Waals surface area (Å²) in [7, 11) is 0. The number of anilines is 1. The van der Waals surface area contributed by atoms with E-state index < -0.39 is 0 Å². The van der Waals surface area contributed by atoms with Crippen molar-refractivity contribution in [3.63, 3.8) is 0 Å². The van der Waals surface area contributed by atoms with Gasteiger partial charge in [-0.1, -0.05) is 36.4 Å². The number of H-pyrrole nitrogens is 1. The van der Waals surface area contributed by atoms with Gasteiger partial charge in [-0.25, -0.2) is 4.98 Å². The van der Waals surface area contributed by atoms with Crippen LogP contribution in [-0.2, 0) is 6.42 Å². The predicted molar refractivity (Wildman–Crippen MR) is 81.8 cm³/mol. The molecule has 0 saturated heterocycles. The van der Waals surface area contributed by atoms with Gasteiger partial charge in [-0.2, -0.15) is 0 Å². The number of para-hydroxylation sites is 2. The molecule has 2 aromatic carbocycles. The molecule has 1 aromatic heterocycles. The first-order valence-corrected chi connectivity index (χ1v) is 7.19. The average Bonchev–Trinajstić information content (AvgIpc) is 2.90. The lowest BCUT2D eigenvalue weighted by Crippen LogP contribution is -3.00. The molecule has 0 spiro atoms. The number of benzene rings is 2. The Morgan fingerprint density at radius 2 is 1.86 bits per heavy atom. The molecular formula is C17H17ClN3-. The Hall–Kier alpha value is -2.00. The van der Waals surface area contributed by atoms with Crippen LogP contribution in [0.5, 0.6) is 0 Å². The maximum Gasteiger partial charge on any atom is 0.201 e. The first-order valence-electron chi connectivity index (χ1n) is 7.19. The normalized spacial score (nSPS) is 17.0. The van der Waals surface area contributed by atoms with E-state index in [2.05, 4.69) is 45.6 Å². The zero-order valence-corrected chi connectivity index (χ0v) is 12.4. The zero-order valence-electron chi connectivity index (χ0n) is 11.6. The number of aromatic amines is 1. The van der Waals surface area contributed by atoms with Crippen molar-refractivity contribution in [2.45, 2.75) is 25.3 Å². The minimum Gasteiger partial charge on any atom is -1.00 e. The Morgan fingerprint density at radius 3 is 2.76 bits per heavy atom. The van der Waals surface area contributed by atoms with Crippen molar-refractivity contribution < 1.29 is 12.4 Å². The molecule has 1 aliphatic carbocycles. The summed E-state index contributed by atoms with van der Waals surface area (Å²) in [6.07, 6.45) is 3.58. The highest BCUT2D eigenvalue weighted by molar-refractivity contribution is 5.77. The topological polar surface area (TPSA) is 40.7 Å². The molecule has 1 atom stereocenters. The van der Waals surface area contributed by atoms with Gasteiger partial charge in [-0.05, 0) is 42.5 Å². The maximum absolute atomic E-state index is 4.61. The Balaban J connectivity index is 0.00000132. The Labute approximate surface area is 130 Å². The summed E-state index contributed by atoms with van der Waals surface area (Å²) in [5, 5.41) is 3.56. The highest BCUT2D eigenvalue weighted by Gasteiger charge is 2.20. The van der Waals surface area contributed by atoms with Crippen LogP contribution in [0.1, 0.15) is 30.0 Å². The van der Waals surface area contributed by atoms with Gasteiger partial charge in [-0.15, -0.1) is 0 Å². The van der Waals surface area contributed by atoms with Gasteiger partial charge in [0, 0.05) is 0 Å². The molecule has 2 N–H and O–H groups in total. The maximum atomic E-state index is 4.61. The second-order valence-corrected chi connectivity index (χ2v) is 5.39. The molecule has 4 rings (SSSR count). The van der Waals surface area contributed by atoms with Gasteiger partial charge in [0.05, 0.1) is 17.1 Å². The number of fused-ring (bicyclic) bond motifs is 2. The summed E-state index contributed by atoms with van der Waals surface area (Å²) < 4.78 is 0. The predicted octanol–water partition coefficient (Wildman–Crippen LogP) is 1.06. The Bertz CT molecular complexity index is 717. The summed E-state index contributed by atoms with van der Waals surface area (Å²) in [6.45, 7) is 0. The van der Waals surface area contributed by atoms with Crippen molar-refractivity contribution in [3.05, 3.63) is 59.7 Å². The third kappa shape index (κ3) is 2.61. The van der Waals surface area contributed by atoms with Gasteiger partial charge in [0.15, 0.2) is 0 Å². The zero-order chi connectivity index (χ0) is 13.4. The number of hydrogen-bond donors (Lipinski definition) is 2. The van der Waals surface area contributed by atoms with E-state index in [1.807, 2.05) is 18.2 Å². The standard InChI is InChI=1S/C17H17N3.ClH/c1-2-8-13-12(6-1)7-5-11-14(13)18-17-19-15-9-3-4-10-16(15)20-17;/h1-4,6,8-10,14H,5,7,11H2,(H2,18,19,20);1H/p-1/t14-;/m1./s1. The molecule has 1 heterocycles. The Morgan fingerprint density at radius 1 is 1.05 bits per heavy atom. The van der Waals surface area contributed by atoms with Crippen LogP contribution in [0.3, 0.4) is 0 Å². The van der Waals surface area contributed by atoms with E-state index in [-0.39, 0.29) is 12.4 Å². The summed E-state index contributed by atoms with van der Waals surface area (Å²) in [6, 6.07) is 17.2. The second-order valence-electron chi connectivity index (χ2n) is 5.39. The van der Waals surface area contributed by atoms with Crippen LogP contribution in [0.25, 0.3) is 11.0 Å². The number of aromatic nitrogens is 2. The molecule has 0 unspecified atom stereocenters. The molecule has 3 nitrogen and oxygen atoms in total. The third-order valence-corrected chi connectivity index (χ3v) is 4.07. The van der Waals surface area contributed by atoms with Crippen LogP contribution in [-0.4, -0.2) is 9.97 Å². The molecule has 3 aromatic rings. The quantitative estimate of drug-likeness (QED) is 0.743. The molecule has 4 heteroatoms. The number of halogens is 1. The summed E-state index contributed by atoms with van der Waals surface area (Å²) in [5.41, 5.74) is 4.98. The lowest BCUT2D eigenvalue weighted by molar-refractivity contribution is -0.00000412. The first-order chi connectivity index (χ1) is 9.90. The summed E-state index contributed by atoms with van der Waals surface area (Å²) >= 11 is 0. The minimum absolute atomic E-state index is 0. The highest BCUT2D eigenvalue weighted by Crippen LogP contribution is 2.32. The van der Waals surface area contributed by atoms with E-state index in [0.717, 1.165) is 23.4 Å². The third-order valence-electron chi connectivity index (χ3n) is 4.07. The van der Waals surface area contributed by atoms with Crippen molar-refractivity contribution in [2.24, 2.45) is 0 Å². The van der Waals surface area contributed by atoms with Crippen molar-refractivity contribution in [3.8, 4) is 0 Å². The Kier molecular flexibility index (Phi) is 3.84. The van der Waals surface area contributed by atoms with Crippen LogP contribution in [0.4, 0.5) is 5.95 Å². The molecule has 0 bridgehead atoms.